The predicted molar refractivity (Wildman–Crippen MR) is 54.6 cm³/mol. The van der Waals surface area contributed by atoms with Crippen LogP contribution < -0.4 is 0 Å². The second kappa shape index (κ2) is 3.06. The summed E-state index contributed by atoms with van der Waals surface area (Å²) in [5.74, 6) is 0.433. The van der Waals surface area contributed by atoms with Crippen LogP contribution in [0.1, 0.15) is 40.0 Å². The van der Waals surface area contributed by atoms with Crippen LogP contribution in [0, 0.1) is 5.41 Å². The van der Waals surface area contributed by atoms with Crippen LogP contribution in [0.4, 0.5) is 0 Å². The number of Topliss-reactive ketones (excluding diaryl/α,β-unsaturated/α-hetero) is 1. The van der Waals surface area contributed by atoms with E-state index in [1.807, 2.05) is 11.8 Å². The Bertz CT molecular complexity index is 198. The van der Waals surface area contributed by atoms with Crippen molar-refractivity contribution in [3.05, 3.63) is 0 Å². The third-order valence-electron chi connectivity index (χ3n) is 2.59. The van der Waals surface area contributed by atoms with Crippen molar-refractivity contribution in [3.63, 3.8) is 0 Å². The minimum atomic E-state index is 0.193. The Labute approximate surface area is 79.3 Å². The van der Waals surface area contributed by atoms with E-state index in [2.05, 4.69) is 27.0 Å². The van der Waals surface area contributed by atoms with E-state index in [-0.39, 0.29) is 10.2 Å². The monoisotopic (exact) mass is 186 g/mol. The van der Waals surface area contributed by atoms with Gasteiger partial charge >= 0.3 is 0 Å². The summed E-state index contributed by atoms with van der Waals surface area (Å²) in [5.41, 5.74) is 0.215. The van der Waals surface area contributed by atoms with Crippen LogP contribution in [-0.4, -0.2) is 16.8 Å². The SMILES string of the molecule is CSC1(C)CC(=O)CC(C)(C)C1. The molecule has 0 spiro atoms. The van der Waals surface area contributed by atoms with E-state index in [4.69, 9.17) is 0 Å². The molecular weight excluding hydrogens is 168 g/mol. The Hall–Kier alpha value is 0.0200. The van der Waals surface area contributed by atoms with Crippen LogP contribution in [0.3, 0.4) is 0 Å². The summed E-state index contributed by atoms with van der Waals surface area (Å²) < 4.78 is 0.193. The highest BCUT2D eigenvalue weighted by Gasteiger charge is 2.39. The van der Waals surface area contributed by atoms with Gasteiger partial charge in [-0.1, -0.05) is 13.8 Å². The molecule has 0 aromatic heterocycles. The van der Waals surface area contributed by atoms with E-state index >= 15 is 0 Å². The lowest BCUT2D eigenvalue weighted by atomic mass is 9.72. The van der Waals surface area contributed by atoms with Gasteiger partial charge in [0.2, 0.25) is 0 Å². The third-order valence-corrected chi connectivity index (χ3v) is 3.87. The van der Waals surface area contributed by atoms with Crippen molar-refractivity contribution >= 4 is 17.5 Å². The van der Waals surface area contributed by atoms with Gasteiger partial charge in [-0.25, -0.2) is 0 Å². The first kappa shape index (κ1) is 10.1. The van der Waals surface area contributed by atoms with Gasteiger partial charge < -0.3 is 0 Å². The zero-order valence-electron chi connectivity index (χ0n) is 8.44. The molecule has 1 fully saturated rings. The van der Waals surface area contributed by atoms with Crippen LogP contribution >= 0.6 is 11.8 Å². The molecule has 0 heterocycles. The van der Waals surface area contributed by atoms with E-state index in [9.17, 15) is 4.79 Å². The number of rotatable bonds is 1. The van der Waals surface area contributed by atoms with E-state index in [0.29, 0.717) is 5.78 Å². The zero-order valence-corrected chi connectivity index (χ0v) is 9.25. The molecule has 1 rings (SSSR count). The topological polar surface area (TPSA) is 17.1 Å². The summed E-state index contributed by atoms with van der Waals surface area (Å²) in [6.07, 6.45) is 4.79. The molecule has 1 aliphatic rings. The Kier molecular flexibility index (Phi) is 2.57. The van der Waals surface area contributed by atoms with Gasteiger partial charge in [-0.3, -0.25) is 4.79 Å². The molecular formula is C10H18OS. The van der Waals surface area contributed by atoms with Crippen LogP contribution in [0.2, 0.25) is 0 Å². The molecule has 1 aliphatic carbocycles. The Balaban J connectivity index is 2.76. The first-order valence-corrected chi connectivity index (χ1v) is 5.66. The maximum atomic E-state index is 11.4. The second-order valence-electron chi connectivity index (χ2n) is 4.89. The number of hydrogen-bond acceptors (Lipinski definition) is 2. The number of thioether (sulfide) groups is 1. The maximum absolute atomic E-state index is 11.4. The number of hydrogen-bond donors (Lipinski definition) is 0. The highest BCUT2D eigenvalue weighted by atomic mass is 32.2. The molecule has 1 nitrogen and oxygen atoms in total. The van der Waals surface area contributed by atoms with E-state index < -0.39 is 0 Å². The summed E-state index contributed by atoms with van der Waals surface area (Å²) in [5, 5.41) is 0. The summed E-state index contributed by atoms with van der Waals surface area (Å²) in [4.78, 5) is 11.4. The maximum Gasteiger partial charge on any atom is 0.134 e. The van der Waals surface area contributed by atoms with Gasteiger partial charge in [0.25, 0.3) is 0 Å². The first-order chi connectivity index (χ1) is 5.37. The van der Waals surface area contributed by atoms with Crippen molar-refractivity contribution in [3.8, 4) is 0 Å². The average Bonchev–Trinajstić information content (AvgIpc) is 1.82. The lowest BCUT2D eigenvalue weighted by molar-refractivity contribution is -0.123. The molecule has 0 bridgehead atoms. The summed E-state index contributed by atoms with van der Waals surface area (Å²) in [7, 11) is 0. The minimum Gasteiger partial charge on any atom is -0.300 e. The van der Waals surface area contributed by atoms with E-state index in [1.165, 1.54) is 0 Å². The fourth-order valence-electron chi connectivity index (χ4n) is 2.29. The summed E-state index contributed by atoms with van der Waals surface area (Å²) in [6, 6.07) is 0. The zero-order chi connectivity index (χ0) is 9.41. The van der Waals surface area contributed by atoms with Crippen molar-refractivity contribution in [1.29, 1.82) is 0 Å². The fourth-order valence-corrected chi connectivity index (χ4v) is 3.14. The lowest BCUT2D eigenvalue weighted by Gasteiger charge is -2.40. The van der Waals surface area contributed by atoms with Crippen molar-refractivity contribution < 1.29 is 4.79 Å². The Morgan fingerprint density at radius 1 is 1.25 bits per heavy atom. The standard InChI is InChI=1S/C10H18OS/c1-9(2)5-8(11)6-10(3,7-9)12-4/h5-7H2,1-4H3. The Morgan fingerprint density at radius 3 is 2.25 bits per heavy atom. The van der Waals surface area contributed by atoms with Crippen LogP contribution in [0.5, 0.6) is 0 Å². The van der Waals surface area contributed by atoms with Gasteiger partial charge in [0.05, 0.1) is 0 Å². The molecule has 1 atom stereocenters. The molecule has 2 heteroatoms. The largest absolute Gasteiger partial charge is 0.300 e. The predicted octanol–water partition coefficient (Wildman–Crippen LogP) is 2.89. The number of carbonyl (C=O) groups excluding carboxylic acids is 1. The molecule has 0 aromatic carbocycles. The molecule has 0 aromatic rings. The van der Waals surface area contributed by atoms with E-state index in [0.717, 1.165) is 19.3 Å². The smallest absolute Gasteiger partial charge is 0.134 e. The summed E-state index contributed by atoms with van der Waals surface area (Å²) in [6.45, 7) is 6.59. The molecule has 0 N–H and O–H groups in total. The molecule has 1 saturated carbocycles. The van der Waals surface area contributed by atoms with Gasteiger partial charge in [-0.2, -0.15) is 11.8 Å². The van der Waals surface area contributed by atoms with Crippen molar-refractivity contribution in [2.24, 2.45) is 5.41 Å². The highest BCUT2D eigenvalue weighted by molar-refractivity contribution is 8.00. The fraction of sp³-hybridized carbons (Fsp3) is 0.900. The van der Waals surface area contributed by atoms with Gasteiger partial charge in [0.15, 0.2) is 0 Å². The minimum absolute atomic E-state index is 0.193. The van der Waals surface area contributed by atoms with Crippen molar-refractivity contribution in [2.75, 3.05) is 6.26 Å². The van der Waals surface area contributed by atoms with Crippen LogP contribution in [-0.2, 0) is 4.79 Å². The molecule has 0 aliphatic heterocycles. The number of ketones is 1. The molecule has 1 unspecified atom stereocenters. The van der Waals surface area contributed by atoms with Crippen molar-refractivity contribution in [1.82, 2.24) is 0 Å². The van der Waals surface area contributed by atoms with Crippen LogP contribution in [0.15, 0.2) is 0 Å². The first-order valence-electron chi connectivity index (χ1n) is 4.44. The van der Waals surface area contributed by atoms with Gasteiger partial charge in [0.1, 0.15) is 5.78 Å². The molecule has 0 amide bonds. The van der Waals surface area contributed by atoms with Gasteiger partial charge in [0, 0.05) is 17.6 Å². The lowest BCUT2D eigenvalue weighted by Crippen LogP contribution is -2.38. The van der Waals surface area contributed by atoms with Gasteiger partial charge in [-0.05, 0) is 25.0 Å². The molecule has 0 radical (unpaired) electrons. The van der Waals surface area contributed by atoms with Gasteiger partial charge in [-0.15, -0.1) is 0 Å². The second-order valence-corrected chi connectivity index (χ2v) is 6.28. The number of carbonyl (C=O) groups is 1. The highest BCUT2D eigenvalue weighted by Crippen LogP contribution is 2.45. The Morgan fingerprint density at radius 2 is 1.83 bits per heavy atom. The molecule has 0 saturated heterocycles. The normalized spacial score (nSPS) is 35.2. The summed E-state index contributed by atoms with van der Waals surface area (Å²) >= 11 is 1.83. The van der Waals surface area contributed by atoms with Crippen molar-refractivity contribution in [2.45, 2.75) is 44.8 Å². The van der Waals surface area contributed by atoms with E-state index in [1.54, 1.807) is 0 Å². The quantitative estimate of drug-likeness (QED) is 0.626. The third kappa shape index (κ3) is 2.25. The molecule has 12 heavy (non-hydrogen) atoms. The average molecular weight is 186 g/mol. The van der Waals surface area contributed by atoms with Crippen LogP contribution in [0.25, 0.3) is 0 Å². The molecule has 70 valence electrons.